The lowest BCUT2D eigenvalue weighted by Crippen LogP contribution is -2.25. The van der Waals surface area contributed by atoms with Gasteiger partial charge in [-0.25, -0.2) is 13.4 Å². The summed E-state index contributed by atoms with van der Waals surface area (Å²) in [6.45, 7) is 4.30. The number of nitrogens with one attached hydrogen (secondary N) is 1. The monoisotopic (exact) mass is 584 g/mol. The number of fused-ring (bicyclic) bond motifs is 1. The normalized spacial score (nSPS) is 12.1. The summed E-state index contributed by atoms with van der Waals surface area (Å²) >= 11 is 1.28. The maximum atomic E-state index is 13.6. The molecule has 1 heterocycles. The summed E-state index contributed by atoms with van der Waals surface area (Å²) in [6.07, 6.45) is 0.906. The minimum Gasteiger partial charge on any atom is -0.494 e. The molecule has 9 nitrogen and oxygen atoms in total. The average Bonchev–Trinajstić information content (AvgIpc) is 3.36. The highest BCUT2D eigenvalue weighted by Gasteiger charge is 2.25. The van der Waals surface area contributed by atoms with E-state index < -0.39 is 21.8 Å². The third-order valence-corrected chi connectivity index (χ3v) is 8.81. The molecule has 0 aliphatic carbocycles. The van der Waals surface area contributed by atoms with Gasteiger partial charge in [-0.2, -0.15) is 0 Å². The van der Waals surface area contributed by atoms with E-state index in [1.54, 1.807) is 69.7 Å². The topological polar surface area (TPSA) is 113 Å². The summed E-state index contributed by atoms with van der Waals surface area (Å²) in [7, 11) is -0.298. The highest BCUT2D eigenvalue weighted by atomic mass is 32.2. The van der Waals surface area contributed by atoms with Gasteiger partial charge in [0.05, 0.1) is 41.7 Å². The van der Waals surface area contributed by atoms with Gasteiger partial charge >= 0.3 is 0 Å². The first-order chi connectivity index (χ1) is 19.3. The summed E-state index contributed by atoms with van der Waals surface area (Å²) in [5, 5.41) is 3.22. The summed E-state index contributed by atoms with van der Waals surface area (Å²) in [5.74, 6) is 1.76. The highest BCUT2D eigenvalue weighted by molar-refractivity contribution is 7.91. The van der Waals surface area contributed by atoms with Crippen LogP contribution in [0.5, 0.6) is 23.0 Å². The number of benzene rings is 3. The lowest BCUT2D eigenvalue weighted by molar-refractivity contribution is -0.123. The number of thiazole rings is 1. The van der Waals surface area contributed by atoms with Crippen molar-refractivity contribution in [1.82, 2.24) is 4.98 Å². The zero-order chi connectivity index (χ0) is 28.7. The predicted octanol–water partition coefficient (Wildman–Crippen LogP) is 6.04. The van der Waals surface area contributed by atoms with E-state index in [0.29, 0.717) is 45.8 Å². The van der Waals surface area contributed by atoms with Crippen LogP contribution in [0.25, 0.3) is 10.2 Å². The van der Waals surface area contributed by atoms with E-state index in [4.69, 9.17) is 18.9 Å². The second-order valence-corrected chi connectivity index (χ2v) is 12.1. The highest BCUT2D eigenvalue weighted by Crippen LogP contribution is 2.36. The molecule has 11 heteroatoms. The van der Waals surface area contributed by atoms with E-state index in [9.17, 15) is 13.2 Å². The predicted molar refractivity (Wildman–Crippen MR) is 156 cm³/mol. The molecule has 0 aliphatic heterocycles. The molecule has 3 aromatic carbocycles. The van der Waals surface area contributed by atoms with Crippen molar-refractivity contribution in [2.75, 3.05) is 31.9 Å². The van der Waals surface area contributed by atoms with Crippen molar-refractivity contribution in [2.45, 2.75) is 37.7 Å². The second kappa shape index (κ2) is 13.0. The third kappa shape index (κ3) is 6.83. The van der Waals surface area contributed by atoms with Gasteiger partial charge in [0, 0.05) is 17.7 Å². The number of hydrogen-bond donors (Lipinski definition) is 1. The summed E-state index contributed by atoms with van der Waals surface area (Å²) < 4.78 is 48.0. The first-order valence-electron chi connectivity index (χ1n) is 12.8. The Balaban J connectivity index is 1.61. The van der Waals surface area contributed by atoms with Gasteiger partial charge in [-0.05, 0) is 42.8 Å². The van der Waals surface area contributed by atoms with Gasteiger partial charge in [0.15, 0.2) is 26.5 Å². The second-order valence-electron chi connectivity index (χ2n) is 8.83. The molecule has 4 rings (SSSR count). The Hall–Kier alpha value is -3.83. The molecular weight excluding hydrogens is 552 g/mol. The van der Waals surface area contributed by atoms with Gasteiger partial charge in [-0.3, -0.25) is 10.1 Å². The largest absolute Gasteiger partial charge is 0.494 e. The molecule has 40 heavy (non-hydrogen) atoms. The van der Waals surface area contributed by atoms with Gasteiger partial charge in [0.25, 0.3) is 5.91 Å². The van der Waals surface area contributed by atoms with Crippen molar-refractivity contribution in [1.29, 1.82) is 0 Å². The van der Waals surface area contributed by atoms with Gasteiger partial charge in [0.1, 0.15) is 11.5 Å². The van der Waals surface area contributed by atoms with Crippen LogP contribution in [0.15, 0.2) is 65.6 Å². The summed E-state index contributed by atoms with van der Waals surface area (Å²) in [5.41, 5.74) is 1.13. The number of carbonyl (C=O) groups excluding carboxylic acids is 1. The number of nitrogens with zero attached hydrogens (tertiary/aromatic N) is 1. The van der Waals surface area contributed by atoms with E-state index in [0.717, 1.165) is 17.5 Å². The standard InChI is InChI=1S/C29H32N2O7S2/c1-5-7-16-37-20-10-12-21(13-11-20)38-27(19-8-14-22(15-9-19)40(33,34)6-2)28(32)31-29-30-23-17-24(35-3)25(36-4)18-26(23)39-29/h8-15,17-18,27H,5-7,16H2,1-4H3,(H,30,31,32). The minimum atomic E-state index is -3.39. The number of unbranched alkanes of at least 4 members (excludes halogenated alkanes) is 1. The fourth-order valence-corrected chi connectivity index (χ4v) is 5.62. The Labute approximate surface area is 238 Å². The van der Waals surface area contributed by atoms with Gasteiger partial charge < -0.3 is 18.9 Å². The fraction of sp³-hybridized carbons (Fsp3) is 0.310. The molecule has 0 saturated heterocycles. The van der Waals surface area contributed by atoms with Gasteiger partial charge in [-0.1, -0.05) is 43.7 Å². The van der Waals surface area contributed by atoms with Crippen LogP contribution in [0.1, 0.15) is 38.4 Å². The maximum Gasteiger partial charge on any atom is 0.271 e. The lowest BCUT2D eigenvalue weighted by Gasteiger charge is -2.19. The first kappa shape index (κ1) is 29.2. The van der Waals surface area contributed by atoms with Gasteiger partial charge in [0.2, 0.25) is 6.10 Å². The molecule has 1 N–H and O–H groups in total. The van der Waals surface area contributed by atoms with Crippen LogP contribution in [0.4, 0.5) is 5.13 Å². The molecule has 212 valence electrons. The molecule has 1 amide bonds. The number of ether oxygens (including phenoxy) is 4. The van der Waals surface area contributed by atoms with Crippen LogP contribution < -0.4 is 24.3 Å². The number of carbonyl (C=O) groups is 1. The van der Waals surface area contributed by atoms with E-state index in [-0.39, 0.29) is 10.6 Å². The van der Waals surface area contributed by atoms with Crippen LogP contribution in [-0.2, 0) is 14.6 Å². The fourth-order valence-electron chi connectivity index (χ4n) is 3.85. The van der Waals surface area contributed by atoms with Crippen LogP contribution in [0.2, 0.25) is 0 Å². The van der Waals surface area contributed by atoms with E-state index in [1.165, 1.54) is 23.5 Å². The van der Waals surface area contributed by atoms with Crippen molar-refractivity contribution >= 4 is 42.4 Å². The van der Waals surface area contributed by atoms with E-state index in [2.05, 4.69) is 17.2 Å². The molecule has 1 atom stereocenters. The molecule has 0 fully saturated rings. The van der Waals surface area contributed by atoms with E-state index >= 15 is 0 Å². The molecule has 1 unspecified atom stereocenters. The number of rotatable bonds is 13. The van der Waals surface area contributed by atoms with Crippen molar-refractivity contribution in [3.05, 3.63) is 66.2 Å². The van der Waals surface area contributed by atoms with Crippen LogP contribution in [0.3, 0.4) is 0 Å². The molecule has 0 spiro atoms. The van der Waals surface area contributed by atoms with Crippen LogP contribution >= 0.6 is 11.3 Å². The molecule has 1 aromatic heterocycles. The Morgan fingerprint density at radius 2 is 1.60 bits per heavy atom. The number of hydrogen-bond acceptors (Lipinski definition) is 9. The van der Waals surface area contributed by atoms with Crippen molar-refractivity contribution < 1.29 is 32.2 Å². The number of sulfone groups is 1. The first-order valence-corrected chi connectivity index (χ1v) is 15.3. The number of aromatic nitrogens is 1. The van der Waals surface area contributed by atoms with Crippen molar-refractivity contribution in [2.24, 2.45) is 0 Å². The van der Waals surface area contributed by atoms with Gasteiger partial charge in [-0.15, -0.1) is 0 Å². The Bertz CT molecular complexity index is 1510. The molecule has 0 saturated carbocycles. The molecule has 0 radical (unpaired) electrons. The molecule has 0 bridgehead atoms. The molecular formula is C29H32N2O7S2. The van der Waals surface area contributed by atoms with Crippen LogP contribution in [-0.4, -0.2) is 45.9 Å². The van der Waals surface area contributed by atoms with Crippen LogP contribution in [0, 0.1) is 0 Å². The maximum absolute atomic E-state index is 13.6. The summed E-state index contributed by atoms with van der Waals surface area (Å²) in [6, 6.07) is 16.7. The third-order valence-electron chi connectivity index (χ3n) is 6.13. The smallest absolute Gasteiger partial charge is 0.271 e. The SMILES string of the molecule is CCCCOc1ccc(OC(C(=O)Nc2nc3cc(OC)c(OC)cc3s2)c2ccc(S(=O)(=O)CC)cc2)cc1. The zero-order valence-electron chi connectivity index (χ0n) is 22.8. The number of amides is 1. The lowest BCUT2D eigenvalue weighted by atomic mass is 10.1. The summed E-state index contributed by atoms with van der Waals surface area (Å²) in [4.78, 5) is 18.3. The quantitative estimate of drug-likeness (QED) is 0.189. The minimum absolute atomic E-state index is 0.0212. The van der Waals surface area contributed by atoms with E-state index in [1.807, 2.05) is 0 Å². The van der Waals surface area contributed by atoms with Crippen molar-refractivity contribution in [3.8, 4) is 23.0 Å². The number of anilines is 1. The Morgan fingerprint density at radius 1 is 0.950 bits per heavy atom. The zero-order valence-corrected chi connectivity index (χ0v) is 24.4. The Morgan fingerprint density at radius 3 is 2.23 bits per heavy atom. The number of methoxy groups -OCH3 is 2. The average molecular weight is 585 g/mol. The Kier molecular flexibility index (Phi) is 9.49. The molecule has 0 aliphatic rings. The van der Waals surface area contributed by atoms with Crippen molar-refractivity contribution in [3.63, 3.8) is 0 Å². The molecule has 4 aromatic rings.